The number of piperazine rings is 1. The van der Waals surface area contributed by atoms with Gasteiger partial charge >= 0.3 is 6.18 Å². The van der Waals surface area contributed by atoms with Gasteiger partial charge in [-0.1, -0.05) is 0 Å². The van der Waals surface area contributed by atoms with E-state index in [1.54, 1.807) is 24.5 Å². The van der Waals surface area contributed by atoms with Crippen molar-refractivity contribution in [2.24, 2.45) is 10.9 Å². The third-order valence-electron chi connectivity index (χ3n) is 8.09. The molecule has 1 unspecified atom stereocenters. The average Bonchev–Trinajstić information content (AvgIpc) is 2.99. The van der Waals surface area contributed by atoms with Crippen LogP contribution < -0.4 is 19.9 Å². The molecule has 3 aliphatic rings. The van der Waals surface area contributed by atoms with Crippen LogP contribution in [-0.4, -0.2) is 105 Å². The number of morpholine rings is 1. The lowest BCUT2D eigenvalue weighted by atomic mass is 9.95. The molecule has 14 heteroatoms. The van der Waals surface area contributed by atoms with Gasteiger partial charge in [0.05, 0.1) is 37.3 Å². The molecule has 1 N–H and O–H groups in total. The first-order valence-corrected chi connectivity index (χ1v) is 14.0. The molecule has 2 fully saturated rings. The first-order valence-electron chi connectivity index (χ1n) is 14.0. The highest BCUT2D eigenvalue weighted by Gasteiger charge is 2.43. The van der Waals surface area contributed by atoms with Crippen LogP contribution in [0.2, 0.25) is 0 Å². The van der Waals surface area contributed by atoms with Crippen molar-refractivity contribution in [1.82, 2.24) is 14.9 Å². The minimum atomic E-state index is -4.89. The maximum atomic E-state index is 13.8. The van der Waals surface area contributed by atoms with E-state index in [4.69, 9.17) is 9.47 Å². The van der Waals surface area contributed by atoms with Crippen molar-refractivity contribution in [3.63, 3.8) is 0 Å². The molecule has 0 spiro atoms. The molecule has 11 nitrogen and oxygen atoms in total. The highest BCUT2D eigenvalue weighted by Crippen LogP contribution is 2.41. The molecule has 1 aromatic carbocycles. The molecule has 2 aromatic rings. The summed E-state index contributed by atoms with van der Waals surface area (Å²) < 4.78 is 52.5. The van der Waals surface area contributed by atoms with Crippen LogP contribution in [-0.2, 0) is 14.3 Å². The van der Waals surface area contributed by atoms with Gasteiger partial charge in [0.1, 0.15) is 11.7 Å². The molecule has 1 aromatic heterocycles. The van der Waals surface area contributed by atoms with Crippen molar-refractivity contribution in [3.05, 3.63) is 36.2 Å². The van der Waals surface area contributed by atoms with Gasteiger partial charge in [-0.3, -0.25) is 14.5 Å². The molecule has 4 heterocycles. The number of methoxy groups -OCH3 is 1. The Labute approximate surface area is 247 Å². The Hall–Kier alpha value is -4.04. The van der Waals surface area contributed by atoms with E-state index in [9.17, 15) is 22.8 Å². The summed E-state index contributed by atoms with van der Waals surface area (Å²) in [5.41, 5.74) is 0.747. The number of aromatic nitrogens is 2. The number of carbonyl (C=O) groups excluding carboxylic acids is 2. The molecule has 2 saturated heterocycles. The molecule has 0 saturated carbocycles. The number of aliphatic imine (C=N–C) groups is 1. The number of halogens is 3. The van der Waals surface area contributed by atoms with Crippen LogP contribution in [0.4, 0.5) is 30.5 Å². The van der Waals surface area contributed by atoms with E-state index in [0.29, 0.717) is 74.0 Å². The summed E-state index contributed by atoms with van der Waals surface area (Å²) in [4.78, 5) is 43.9. The fraction of sp³-hybridized carbons (Fsp3) is 0.483. The van der Waals surface area contributed by atoms with Gasteiger partial charge in [0.25, 0.3) is 5.91 Å². The number of ether oxygens (including phenoxy) is 2. The number of nitrogens with one attached hydrogen (secondary N) is 1. The van der Waals surface area contributed by atoms with Gasteiger partial charge < -0.3 is 24.6 Å². The Bertz CT molecular complexity index is 1410. The fourth-order valence-electron chi connectivity index (χ4n) is 5.48. The van der Waals surface area contributed by atoms with Gasteiger partial charge in [0.15, 0.2) is 0 Å². The predicted molar refractivity (Wildman–Crippen MR) is 156 cm³/mol. The van der Waals surface area contributed by atoms with Gasteiger partial charge in [-0.2, -0.15) is 13.2 Å². The number of hydrogen-bond acceptors (Lipinski definition) is 9. The molecule has 0 bridgehead atoms. The lowest BCUT2D eigenvalue weighted by molar-refractivity contribution is -0.124. The Morgan fingerprint density at radius 3 is 2.33 bits per heavy atom. The van der Waals surface area contributed by atoms with Gasteiger partial charge in [-0.25, -0.2) is 15.0 Å². The van der Waals surface area contributed by atoms with E-state index in [2.05, 4.69) is 43.9 Å². The second-order valence-electron chi connectivity index (χ2n) is 10.9. The number of amides is 2. The second kappa shape index (κ2) is 12.3. The summed E-state index contributed by atoms with van der Waals surface area (Å²) in [6, 6.07) is 3.75. The van der Waals surface area contributed by atoms with Crippen molar-refractivity contribution in [3.8, 4) is 16.9 Å². The number of carbonyl (C=O) groups is 2. The van der Waals surface area contributed by atoms with Crippen molar-refractivity contribution < 1.29 is 32.2 Å². The summed E-state index contributed by atoms with van der Waals surface area (Å²) in [6.07, 6.45) is -0.500. The minimum Gasteiger partial charge on any atom is -0.496 e. The lowest BCUT2D eigenvalue weighted by Crippen LogP contribution is -2.55. The third kappa shape index (κ3) is 6.49. The topological polar surface area (TPSA) is 112 Å². The summed E-state index contributed by atoms with van der Waals surface area (Å²) in [5.74, 6) is -2.79. The zero-order valence-electron chi connectivity index (χ0n) is 24.4. The summed E-state index contributed by atoms with van der Waals surface area (Å²) >= 11 is 0. The number of likely N-dealkylation sites (N-methyl/N-ethyl adjacent to an activating group) is 1. The predicted octanol–water partition coefficient (Wildman–Crippen LogP) is 3.17. The number of nitrogens with zero attached hydrogens (tertiary/aromatic N) is 6. The van der Waals surface area contributed by atoms with E-state index in [0.717, 1.165) is 6.21 Å². The van der Waals surface area contributed by atoms with Gasteiger partial charge in [0, 0.05) is 80.1 Å². The van der Waals surface area contributed by atoms with Crippen molar-refractivity contribution in [2.45, 2.75) is 32.1 Å². The monoisotopic (exact) mass is 601 g/mol. The highest BCUT2D eigenvalue weighted by molar-refractivity contribution is 6.11. The summed E-state index contributed by atoms with van der Waals surface area (Å²) in [6.45, 7) is 7.87. The quantitative estimate of drug-likeness (QED) is 0.534. The number of hydrogen-bond donors (Lipinski definition) is 1. The minimum absolute atomic E-state index is 0.162. The summed E-state index contributed by atoms with van der Waals surface area (Å²) in [5, 5.41) is 2.70. The smallest absolute Gasteiger partial charge is 0.414 e. The molecule has 5 rings (SSSR count). The van der Waals surface area contributed by atoms with Crippen LogP contribution >= 0.6 is 0 Å². The average molecular weight is 602 g/mol. The maximum absolute atomic E-state index is 13.8. The van der Waals surface area contributed by atoms with Crippen LogP contribution in [0.1, 0.15) is 13.8 Å². The number of dihydropyridines is 1. The maximum Gasteiger partial charge on any atom is 0.414 e. The lowest BCUT2D eigenvalue weighted by Gasteiger charge is -2.44. The van der Waals surface area contributed by atoms with E-state index in [-0.39, 0.29) is 17.8 Å². The van der Waals surface area contributed by atoms with Crippen molar-refractivity contribution in [2.75, 3.05) is 68.7 Å². The molecule has 230 valence electrons. The van der Waals surface area contributed by atoms with E-state index in [1.165, 1.54) is 7.11 Å². The van der Waals surface area contributed by atoms with Crippen LogP contribution in [0.5, 0.6) is 5.75 Å². The highest BCUT2D eigenvalue weighted by atomic mass is 19.4. The molecule has 43 heavy (non-hydrogen) atoms. The van der Waals surface area contributed by atoms with Gasteiger partial charge in [-0.15, -0.1) is 0 Å². The fourth-order valence-corrected chi connectivity index (χ4v) is 5.48. The second-order valence-corrected chi connectivity index (χ2v) is 10.9. The Morgan fingerprint density at radius 1 is 1.07 bits per heavy atom. The molecule has 2 amide bonds. The van der Waals surface area contributed by atoms with Crippen molar-refractivity contribution >= 4 is 35.4 Å². The zero-order chi connectivity index (χ0) is 30.9. The van der Waals surface area contributed by atoms with Crippen LogP contribution in [0, 0.1) is 5.92 Å². The Kier molecular flexibility index (Phi) is 8.69. The standard InChI is InChI=1S/C29H34F3N7O4/c1-17-15-39(16-18(2)37(17)3)24-11-25(42-4)20(19-12-34-28(35-13-19)38-5-7-43-8-6-38)9-23(24)36-27(41)21-14-33-26(40)10-22(21)29(30,31)32/h9-14,17-18,21H,5-8,15-16H2,1-4H3,(H,36,41)/t17-,18+,21?. The first-order chi connectivity index (χ1) is 20.5. The van der Waals surface area contributed by atoms with Gasteiger partial charge in [-0.05, 0) is 27.0 Å². The molecule has 3 atom stereocenters. The Morgan fingerprint density at radius 2 is 1.72 bits per heavy atom. The molecular formula is C29H34F3N7O4. The SMILES string of the molecule is COc1cc(N2C[C@@H](C)N(C)[C@@H](C)C2)c(NC(=O)C2C=NC(=O)C=C2C(F)(F)F)cc1-c1cnc(N2CCOCC2)nc1. The number of benzene rings is 1. The molecular weight excluding hydrogens is 567 g/mol. The summed E-state index contributed by atoms with van der Waals surface area (Å²) in [7, 11) is 3.56. The first kappa shape index (κ1) is 30.4. The molecule has 0 aliphatic carbocycles. The number of anilines is 3. The van der Waals surface area contributed by atoms with Crippen molar-refractivity contribution in [1.29, 1.82) is 0 Å². The third-order valence-corrected chi connectivity index (χ3v) is 8.09. The van der Waals surface area contributed by atoms with Crippen LogP contribution in [0.3, 0.4) is 0 Å². The van der Waals surface area contributed by atoms with Gasteiger partial charge in [0.2, 0.25) is 11.9 Å². The van der Waals surface area contributed by atoms with Crippen LogP contribution in [0.25, 0.3) is 11.1 Å². The van der Waals surface area contributed by atoms with E-state index >= 15 is 0 Å². The molecule has 0 radical (unpaired) electrons. The van der Waals surface area contributed by atoms with E-state index < -0.39 is 29.5 Å². The number of alkyl halides is 3. The largest absolute Gasteiger partial charge is 0.496 e. The van der Waals surface area contributed by atoms with E-state index in [1.807, 2.05) is 11.9 Å². The normalized spacial score (nSPS) is 23.3. The zero-order valence-corrected chi connectivity index (χ0v) is 24.4. The van der Waals surface area contributed by atoms with Crippen LogP contribution in [0.15, 0.2) is 41.2 Å². The molecule has 3 aliphatic heterocycles. The number of rotatable bonds is 6. The Balaban J connectivity index is 1.54.